The van der Waals surface area contributed by atoms with E-state index in [-0.39, 0.29) is 0 Å². The van der Waals surface area contributed by atoms with Gasteiger partial charge in [-0.1, -0.05) is 43.8 Å². The zero-order valence-corrected chi connectivity index (χ0v) is 12.9. The predicted octanol–water partition coefficient (Wildman–Crippen LogP) is 4.68. The van der Waals surface area contributed by atoms with E-state index in [0.717, 1.165) is 29.9 Å². The molecule has 104 valence electrons. The average Bonchev–Trinajstić information content (AvgIpc) is 2.89. The molecule has 19 heavy (non-hydrogen) atoms. The summed E-state index contributed by atoms with van der Waals surface area (Å²) < 4.78 is 6.02. The van der Waals surface area contributed by atoms with Gasteiger partial charge in [0, 0.05) is 18.0 Å². The molecule has 0 aliphatic heterocycles. The molecule has 2 aliphatic rings. The first-order chi connectivity index (χ1) is 9.09. The molecule has 0 bridgehead atoms. The van der Waals surface area contributed by atoms with Crippen molar-refractivity contribution in [2.24, 2.45) is 17.3 Å². The number of hydrogen-bond donors (Lipinski definition) is 0. The largest absolute Gasteiger partial charge is 0.466 e. The molecule has 0 amide bonds. The molecular formula is C16H23NOS. The molecule has 1 aromatic rings. The van der Waals surface area contributed by atoms with Crippen LogP contribution in [0.15, 0.2) is 23.2 Å². The van der Waals surface area contributed by atoms with Gasteiger partial charge in [-0.25, -0.2) is 4.98 Å². The smallest absolute Gasteiger partial charge is 0.273 e. The highest BCUT2D eigenvalue weighted by molar-refractivity contribution is 7.11. The van der Waals surface area contributed by atoms with Gasteiger partial charge < -0.3 is 4.74 Å². The Hall–Kier alpha value is -0.830. The molecule has 1 aromatic heterocycles. The first kappa shape index (κ1) is 13.2. The van der Waals surface area contributed by atoms with Crippen LogP contribution in [0.2, 0.25) is 0 Å². The summed E-state index contributed by atoms with van der Waals surface area (Å²) in [6.07, 6.45) is 9.36. The van der Waals surface area contributed by atoms with Crippen LogP contribution in [0.4, 0.5) is 0 Å². The van der Waals surface area contributed by atoms with Gasteiger partial charge >= 0.3 is 0 Å². The van der Waals surface area contributed by atoms with E-state index in [0.29, 0.717) is 11.5 Å². The Labute approximate surface area is 119 Å². The molecule has 2 aliphatic carbocycles. The Kier molecular flexibility index (Phi) is 3.42. The van der Waals surface area contributed by atoms with Gasteiger partial charge in [-0.05, 0) is 36.5 Å². The second-order valence-electron chi connectivity index (χ2n) is 6.43. The lowest BCUT2D eigenvalue weighted by molar-refractivity contribution is 0.0749. The summed E-state index contributed by atoms with van der Waals surface area (Å²) in [5.41, 5.74) is 2.03. The monoisotopic (exact) mass is 277 g/mol. The van der Waals surface area contributed by atoms with Crippen LogP contribution < -0.4 is 4.74 Å². The Balaban J connectivity index is 1.74. The first-order valence-corrected chi connectivity index (χ1v) is 8.23. The lowest BCUT2D eigenvalue weighted by atomic mass is 9.57. The Morgan fingerprint density at radius 2 is 2.26 bits per heavy atom. The quantitative estimate of drug-likeness (QED) is 0.732. The molecular weight excluding hydrogens is 254 g/mol. The third-order valence-electron chi connectivity index (χ3n) is 5.44. The van der Waals surface area contributed by atoms with E-state index in [9.17, 15) is 0 Å². The molecule has 4 atom stereocenters. The minimum atomic E-state index is 0.325. The molecule has 0 N–H and O–H groups in total. The van der Waals surface area contributed by atoms with Crippen LogP contribution in [0.5, 0.6) is 5.19 Å². The van der Waals surface area contributed by atoms with E-state index in [1.54, 1.807) is 16.9 Å². The van der Waals surface area contributed by atoms with Crippen molar-refractivity contribution in [3.05, 3.63) is 23.2 Å². The predicted molar refractivity (Wildman–Crippen MR) is 79.5 cm³/mol. The van der Waals surface area contributed by atoms with Crippen molar-refractivity contribution in [1.29, 1.82) is 0 Å². The Morgan fingerprint density at radius 3 is 3.00 bits per heavy atom. The fraction of sp³-hybridized carbons (Fsp3) is 0.688. The molecule has 2 nitrogen and oxygen atoms in total. The molecule has 0 aromatic carbocycles. The highest BCUT2D eigenvalue weighted by Crippen LogP contribution is 2.52. The number of nitrogens with zero attached hydrogens (tertiary/aromatic N) is 1. The summed E-state index contributed by atoms with van der Waals surface area (Å²) >= 11 is 1.59. The van der Waals surface area contributed by atoms with E-state index < -0.39 is 0 Å². The van der Waals surface area contributed by atoms with Gasteiger partial charge in [-0.15, -0.1) is 0 Å². The van der Waals surface area contributed by atoms with Crippen molar-refractivity contribution >= 4 is 11.3 Å². The summed E-state index contributed by atoms with van der Waals surface area (Å²) in [7, 11) is 0. The van der Waals surface area contributed by atoms with Crippen LogP contribution in [-0.2, 0) is 0 Å². The molecule has 1 fully saturated rings. The SMILES string of the molecule is CC1CC=C2C[C@@H](Oc3nccs3)CC[C@]2(C)C1C. The van der Waals surface area contributed by atoms with Crippen LogP contribution in [-0.4, -0.2) is 11.1 Å². The minimum absolute atomic E-state index is 0.325. The summed E-state index contributed by atoms with van der Waals surface area (Å²) in [5.74, 6) is 1.60. The molecule has 0 radical (unpaired) electrons. The number of hydrogen-bond acceptors (Lipinski definition) is 3. The maximum Gasteiger partial charge on any atom is 0.273 e. The summed E-state index contributed by atoms with van der Waals surface area (Å²) in [4.78, 5) is 4.24. The molecule has 1 saturated carbocycles. The number of ether oxygens (including phenoxy) is 1. The lowest BCUT2D eigenvalue weighted by Gasteiger charge is -2.48. The van der Waals surface area contributed by atoms with Crippen LogP contribution in [0, 0.1) is 17.3 Å². The van der Waals surface area contributed by atoms with E-state index in [1.165, 1.54) is 12.8 Å². The van der Waals surface area contributed by atoms with Gasteiger partial charge in [0.15, 0.2) is 0 Å². The van der Waals surface area contributed by atoms with Crippen LogP contribution in [0.3, 0.4) is 0 Å². The number of allylic oxidation sites excluding steroid dienone is 1. The molecule has 2 unspecified atom stereocenters. The van der Waals surface area contributed by atoms with Crippen molar-refractivity contribution < 1.29 is 4.74 Å². The molecule has 0 spiro atoms. The molecule has 3 rings (SSSR count). The highest BCUT2D eigenvalue weighted by Gasteiger charge is 2.43. The maximum absolute atomic E-state index is 6.02. The fourth-order valence-electron chi connectivity index (χ4n) is 3.71. The normalized spacial score (nSPS) is 38.5. The standard InChI is InChI=1S/C16H23NOS/c1-11-4-5-13-10-14(18-15-17-8-9-19-15)6-7-16(13,3)12(11)2/h5,8-9,11-12,14H,4,6-7,10H2,1-3H3/t11?,12?,14-,16+/m0/s1. The van der Waals surface area contributed by atoms with E-state index in [4.69, 9.17) is 4.74 Å². The van der Waals surface area contributed by atoms with Crippen molar-refractivity contribution in [2.75, 3.05) is 0 Å². The van der Waals surface area contributed by atoms with Crippen LogP contribution in [0.25, 0.3) is 0 Å². The minimum Gasteiger partial charge on any atom is -0.466 e. The van der Waals surface area contributed by atoms with Gasteiger partial charge in [0.25, 0.3) is 5.19 Å². The van der Waals surface area contributed by atoms with Gasteiger partial charge in [0.1, 0.15) is 6.10 Å². The van der Waals surface area contributed by atoms with Crippen molar-refractivity contribution in [2.45, 2.75) is 52.6 Å². The highest BCUT2D eigenvalue weighted by atomic mass is 32.1. The molecule has 1 heterocycles. The van der Waals surface area contributed by atoms with Crippen LogP contribution in [0.1, 0.15) is 46.5 Å². The van der Waals surface area contributed by atoms with Crippen LogP contribution >= 0.6 is 11.3 Å². The topological polar surface area (TPSA) is 22.1 Å². The van der Waals surface area contributed by atoms with E-state index in [2.05, 4.69) is 31.8 Å². The van der Waals surface area contributed by atoms with Gasteiger partial charge in [0.2, 0.25) is 0 Å². The maximum atomic E-state index is 6.02. The van der Waals surface area contributed by atoms with Gasteiger partial charge in [0.05, 0.1) is 0 Å². The molecule has 0 saturated heterocycles. The summed E-state index contributed by atoms with van der Waals surface area (Å²) in [6.45, 7) is 7.28. The third-order valence-corrected chi connectivity index (χ3v) is 6.10. The lowest BCUT2D eigenvalue weighted by Crippen LogP contribution is -2.41. The zero-order valence-electron chi connectivity index (χ0n) is 12.1. The fourth-order valence-corrected chi connectivity index (χ4v) is 4.26. The van der Waals surface area contributed by atoms with Crippen molar-refractivity contribution in [3.63, 3.8) is 0 Å². The second-order valence-corrected chi connectivity index (χ2v) is 7.29. The Morgan fingerprint density at radius 1 is 1.42 bits per heavy atom. The zero-order chi connectivity index (χ0) is 13.5. The number of fused-ring (bicyclic) bond motifs is 1. The second kappa shape index (κ2) is 4.93. The van der Waals surface area contributed by atoms with Crippen molar-refractivity contribution in [1.82, 2.24) is 4.98 Å². The van der Waals surface area contributed by atoms with Crippen molar-refractivity contribution in [3.8, 4) is 5.19 Å². The third kappa shape index (κ3) is 2.33. The summed E-state index contributed by atoms with van der Waals surface area (Å²) in [6, 6.07) is 0. The summed E-state index contributed by atoms with van der Waals surface area (Å²) in [5, 5.41) is 2.80. The molecule has 3 heteroatoms. The first-order valence-electron chi connectivity index (χ1n) is 7.35. The van der Waals surface area contributed by atoms with Gasteiger partial charge in [-0.2, -0.15) is 0 Å². The average molecular weight is 277 g/mol. The number of rotatable bonds is 2. The van der Waals surface area contributed by atoms with E-state index >= 15 is 0 Å². The Bertz CT molecular complexity index is 467. The van der Waals surface area contributed by atoms with E-state index in [1.807, 2.05) is 11.6 Å². The number of thiazole rings is 1. The number of aromatic nitrogens is 1. The van der Waals surface area contributed by atoms with Gasteiger partial charge in [-0.3, -0.25) is 0 Å².